The average molecular weight is 227 g/mol. The predicted octanol–water partition coefficient (Wildman–Crippen LogP) is 0.821. The van der Waals surface area contributed by atoms with Gasteiger partial charge in [0.25, 0.3) is 5.92 Å². The Morgan fingerprint density at radius 3 is 2.79 bits per heavy atom. The van der Waals surface area contributed by atoms with Gasteiger partial charge in [0.1, 0.15) is 6.61 Å². The molecule has 4 nitrogen and oxygen atoms in total. The van der Waals surface area contributed by atoms with Crippen molar-refractivity contribution in [3.63, 3.8) is 0 Å². The van der Waals surface area contributed by atoms with E-state index in [4.69, 9.17) is 0 Å². The van der Waals surface area contributed by atoms with Gasteiger partial charge in [-0.1, -0.05) is 12.2 Å². The molecule has 0 aromatic rings. The molecule has 0 aliphatic carbocycles. The summed E-state index contributed by atoms with van der Waals surface area (Å²) >= 11 is 0. The first-order valence-electron chi connectivity index (χ1n) is 3.94. The summed E-state index contributed by atoms with van der Waals surface area (Å²) in [6, 6.07) is -0.744. The molecular formula is C7H11F2NO3S. The summed E-state index contributed by atoms with van der Waals surface area (Å²) in [7, 11) is -4.09. The van der Waals surface area contributed by atoms with Crippen LogP contribution in [0.2, 0.25) is 0 Å². The molecule has 82 valence electrons. The molecule has 0 radical (unpaired) electrons. The van der Waals surface area contributed by atoms with Crippen molar-refractivity contribution in [1.82, 2.24) is 4.72 Å². The van der Waals surface area contributed by atoms with Crippen LogP contribution in [-0.4, -0.2) is 27.0 Å². The quantitative estimate of drug-likeness (QED) is 0.623. The molecule has 1 rings (SSSR count). The van der Waals surface area contributed by atoms with E-state index in [1.807, 2.05) is 0 Å². The Labute approximate surface area is 81.2 Å². The minimum absolute atomic E-state index is 0.141. The van der Waals surface area contributed by atoms with Gasteiger partial charge in [-0.25, -0.2) is 8.78 Å². The Bertz CT molecular complexity index is 339. The lowest BCUT2D eigenvalue weighted by atomic mass is 10.0. The third-order valence-corrected chi connectivity index (χ3v) is 2.91. The zero-order valence-electron chi connectivity index (χ0n) is 7.59. The highest BCUT2D eigenvalue weighted by Crippen LogP contribution is 2.27. The lowest BCUT2D eigenvalue weighted by Gasteiger charge is -2.25. The van der Waals surface area contributed by atoms with Crippen LogP contribution < -0.4 is 4.72 Å². The summed E-state index contributed by atoms with van der Waals surface area (Å²) < 4.78 is 53.9. The van der Waals surface area contributed by atoms with Gasteiger partial charge in [0.2, 0.25) is 0 Å². The first kappa shape index (κ1) is 11.5. The SMILES string of the molecule is C=C1CC(F)(F)COS(=O)(=O)N[C@H]1C. The van der Waals surface area contributed by atoms with E-state index in [-0.39, 0.29) is 5.57 Å². The van der Waals surface area contributed by atoms with Crippen molar-refractivity contribution < 1.29 is 21.4 Å². The molecular weight excluding hydrogens is 216 g/mol. The van der Waals surface area contributed by atoms with Crippen molar-refractivity contribution >= 4 is 10.3 Å². The number of nitrogens with one attached hydrogen (secondary N) is 1. The van der Waals surface area contributed by atoms with Crippen molar-refractivity contribution in [1.29, 1.82) is 0 Å². The fraction of sp³-hybridized carbons (Fsp3) is 0.714. The molecule has 1 saturated heterocycles. The maximum Gasteiger partial charge on any atom is 0.336 e. The molecule has 14 heavy (non-hydrogen) atoms. The van der Waals surface area contributed by atoms with E-state index >= 15 is 0 Å². The van der Waals surface area contributed by atoms with E-state index in [2.05, 4.69) is 15.5 Å². The first-order valence-corrected chi connectivity index (χ1v) is 5.35. The maximum absolute atomic E-state index is 12.9. The van der Waals surface area contributed by atoms with Gasteiger partial charge in [0, 0.05) is 12.5 Å². The molecule has 0 aromatic heterocycles. The lowest BCUT2D eigenvalue weighted by Crippen LogP contribution is -2.42. The molecule has 1 atom stereocenters. The standard InChI is InChI=1S/C7H11F2NO3S/c1-5-3-7(8,9)4-13-14(11,12)10-6(5)2/h6,10H,1,3-4H2,2H3/t6-/m0/s1. The Hall–Kier alpha value is -0.530. The molecule has 7 heteroatoms. The van der Waals surface area contributed by atoms with E-state index in [0.29, 0.717) is 0 Å². The normalized spacial score (nSPS) is 31.9. The van der Waals surface area contributed by atoms with Crippen molar-refractivity contribution in [2.75, 3.05) is 6.61 Å². The van der Waals surface area contributed by atoms with Crippen LogP contribution in [0.3, 0.4) is 0 Å². The largest absolute Gasteiger partial charge is 0.336 e. The van der Waals surface area contributed by atoms with Crippen molar-refractivity contribution in [3.8, 4) is 0 Å². The first-order chi connectivity index (χ1) is 6.22. The van der Waals surface area contributed by atoms with Crippen LogP contribution in [0.15, 0.2) is 12.2 Å². The van der Waals surface area contributed by atoms with Crippen molar-refractivity contribution in [2.24, 2.45) is 0 Å². The minimum Gasteiger partial charge on any atom is -0.252 e. The van der Waals surface area contributed by atoms with E-state index in [1.165, 1.54) is 6.92 Å². The summed E-state index contributed by atoms with van der Waals surface area (Å²) in [6.07, 6.45) is -0.573. The van der Waals surface area contributed by atoms with Crippen LogP contribution in [0, 0.1) is 0 Å². The number of hydrogen-bond donors (Lipinski definition) is 1. The second-order valence-electron chi connectivity index (χ2n) is 3.25. The Balaban J connectivity index is 2.90. The van der Waals surface area contributed by atoms with E-state index in [0.717, 1.165) is 0 Å². The molecule has 1 N–H and O–H groups in total. The summed E-state index contributed by atoms with van der Waals surface area (Å²) in [4.78, 5) is 0. The van der Waals surface area contributed by atoms with Crippen LogP contribution in [0.4, 0.5) is 8.78 Å². The van der Waals surface area contributed by atoms with Crippen LogP contribution in [0.25, 0.3) is 0 Å². The molecule has 0 saturated carbocycles. The highest BCUT2D eigenvalue weighted by molar-refractivity contribution is 7.84. The average Bonchev–Trinajstić information content (AvgIpc) is 1.98. The van der Waals surface area contributed by atoms with E-state index < -0.39 is 35.3 Å². The highest BCUT2D eigenvalue weighted by atomic mass is 32.2. The van der Waals surface area contributed by atoms with Crippen molar-refractivity contribution in [3.05, 3.63) is 12.2 Å². The minimum atomic E-state index is -4.09. The van der Waals surface area contributed by atoms with Crippen LogP contribution >= 0.6 is 0 Å². The smallest absolute Gasteiger partial charge is 0.252 e. The summed E-state index contributed by atoms with van der Waals surface area (Å²) in [5, 5.41) is 0. The highest BCUT2D eigenvalue weighted by Gasteiger charge is 2.36. The summed E-state index contributed by atoms with van der Waals surface area (Å²) in [5.74, 6) is -3.18. The zero-order chi connectivity index (χ0) is 11.0. The van der Waals surface area contributed by atoms with Crippen LogP contribution in [0.1, 0.15) is 13.3 Å². The second kappa shape index (κ2) is 3.56. The molecule has 0 bridgehead atoms. The third kappa shape index (κ3) is 3.00. The van der Waals surface area contributed by atoms with Gasteiger partial charge in [0.05, 0.1) is 0 Å². The summed E-state index contributed by atoms with van der Waals surface area (Å²) in [6.45, 7) is 3.69. The Morgan fingerprint density at radius 2 is 2.21 bits per heavy atom. The molecule has 0 unspecified atom stereocenters. The van der Waals surface area contributed by atoms with E-state index in [9.17, 15) is 17.2 Å². The Kier molecular flexibility index (Phi) is 2.93. The molecule has 1 fully saturated rings. The predicted molar refractivity (Wildman–Crippen MR) is 46.2 cm³/mol. The fourth-order valence-electron chi connectivity index (χ4n) is 1.03. The third-order valence-electron chi connectivity index (χ3n) is 1.84. The zero-order valence-corrected chi connectivity index (χ0v) is 8.40. The van der Waals surface area contributed by atoms with Gasteiger partial charge < -0.3 is 0 Å². The number of hydrogen-bond acceptors (Lipinski definition) is 3. The molecule has 1 aliphatic heterocycles. The lowest BCUT2D eigenvalue weighted by molar-refractivity contribution is -0.0418. The number of halogens is 2. The maximum atomic E-state index is 12.9. The molecule has 1 heterocycles. The number of rotatable bonds is 0. The summed E-state index contributed by atoms with van der Waals surface area (Å²) in [5.41, 5.74) is 0.141. The second-order valence-corrected chi connectivity index (χ2v) is 4.63. The molecule has 0 aromatic carbocycles. The van der Waals surface area contributed by atoms with Crippen molar-refractivity contribution in [2.45, 2.75) is 25.3 Å². The van der Waals surface area contributed by atoms with Crippen LogP contribution in [0.5, 0.6) is 0 Å². The van der Waals surface area contributed by atoms with Gasteiger partial charge in [-0.3, -0.25) is 4.18 Å². The van der Waals surface area contributed by atoms with Gasteiger partial charge in [-0.15, -0.1) is 0 Å². The van der Waals surface area contributed by atoms with E-state index in [1.54, 1.807) is 0 Å². The molecule has 1 aliphatic rings. The molecule has 0 amide bonds. The monoisotopic (exact) mass is 227 g/mol. The fourth-order valence-corrected chi connectivity index (χ4v) is 2.03. The Morgan fingerprint density at radius 1 is 1.64 bits per heavy atom. The van der Waals surface area contributed by atoms with Gasteiger partial charge in [0.15, 0.2) is 0 Å². The molecule has 0 spiro atoms. The topological polar surface area (TPSA) is 55.4 Å². The van der Waals surface area contributed by atoms with Gasteiger partial charge in [-0.2, -0.15) is 13.1 Å². The van der Waals surface area contributed by atoms with Crippen LogP contribution in [-0.2, 0) is 14.5 Å². The van der Waals surface area contributed by atoms with Gasteiger partial charge >= 0.3 is 10.3 Å². The number of alkyl halides is 2. The van der Waals surface area contributed by atoms with Gasteiger partial charge in [-0.05, 0) is 6.92 Å².